The number of nitrogens with one attached hydrogen (secondary N) is 1. The van der Waals surface area contributed by atoms with E-state index in [9.17, 15) is 9.18 Å². The number of benzene rings is 1. The summed E-state index contributed by atoms with van der Waals surface area (Å²) in [6.45, 7) is 4.20. The van der Waals surface area contributed by atoms with E-state index >= 15 is 0 Å². The maximum atomic E-state index is 13.7. The van der Waals surface area contributed by atoms with Crippen LogP contribution in [-0.4, -0.2) is 15.7 Å². The van der Waals surface area contributed by atoms with E-state index in [0.29, 0.717) is 12.2 Å². The van der Waals surface area contributed by atoms with Crippen molar-refractivity contribution in [1.82, 2.24) is 9.78 Å². The Morgan fingerprint density at radius 1 is 1.50 bits per heavy atom. The van der Waals surface area contributed by atoms with Gasteiger partial charge in [-0.3, -0.25) is 9.48 Å². The second-order valence-electron chi connectivity index (χ2n) is 4.25. The molecular weight excluding hydrogens is 259 g/mol. The third kappa shape index (κ3) is 2.67. The first-order valence-corrected chi connectivity index (χ1v) is 6.10. The Morgan fingerprint density at radius 2 is 2.25 bits per heavy atom. The van der Waals surface area contributed by atoms with Gasteiger partial charge in [0.2, 0.25) is 0 Å². The van der Waals surface area contributed by atoms with Gasteiger partial charge in [0.1, 0.15) is 11.5 Å². The molecule has 0 fully saturated rings. The van der Waals surface area contributed by atoms with Crippen LogP contribution in [0.4, 0.5) is 10.1 Å². The van der Waals surface area contributed by atoms with Crippen LogP contribution >= 0.6 is 0 Å². The first-order valence-electron chi connectivity index (χ1n) is 6.10. The number of rotatable bonds is 3. The minimum absolute atomic E-state index is 0.0375. The standard InChI is InChI=1S/C14H13FN4O/c1-3-19-13(6-9(2)18-19)14(20)17-12-5-4-10(8-16)7-11(12)15/h4-7H,3H2,1-2H3,(H,17,20). The predicted molar refractivity (Wildman–Crippen MR) is 71.7 cm³/mol. The van der Waals surface area contributed by atoms with E-state index in [2.05, 4.69) is 10.4 Å². The van der Waals surface area contributed by atoms with Crippen molar-refractivity contribution in [3.05, 3.63) is 47.0 Å². The summed E-state index contributed by atoms with van der Waals surface area (Å²) in [5.41, 5.74) is 1.33. The van der Waals surface area contributed by atoms with Gasteiger partial charge >= 0.3 is 0 Å². The minimum atomic E-state index is -0.642. The molecular formula is C14H13FN4O. The monoisotopic (exact) mass is 272 g/mol. The molecule has 20 heavy (non-hydrogen) atoms. The highest BCUT2D eigenvalue weighted by Crippen LogP contribution is 2.16. The number of amides is 1. The average Bonchev–Trinajstić information content (AvgIpc) is 2.82. The summed E-state index contributed by atoms with van der Waals surface area (Å²) < 4.78 is 15.3. The fourth-order valence-corrected chi connectivity index (χ4v) is 1.84. The van der Waals surface area contributed by atoms with E-state index in [-0.39, 0.29) is 11.3 Å². The van der Waals surface area contributed by atoms with Crippen LogP contribution in [0, 0.1) is 24.1 Å². The van der Waals surface area contributed by atoms with E-state index < -0.39 is 11.7 Å². The number of hydrogen-bond donors (Lipinski definition) is 1. The number of carbonyl (C=O) groups is 1. The van der Waals surface area contributed by atoms with Crippen LogP contribution in [0.2, 0.25) is 0 Å². The highest BCUT2D eigenvalue weighted by Gasteiger charge is 2.15. The second-order valence-corrected chi connectivity index (χ2v) is 4.25. The zero-order chi connectivity index (χ0) is 14.7. The van der Waals surface area contributed by atoms with Gasteiger partial charge in [0.05, 0.1) is 23.0 Å². The van der Waals surface area contributed by atoms with Crippen molar-refractivity contribution in [1.29, 1.82) is 5.26 Å². The quantitative estimate of drug-likeness (QED) is 0.933. The van der Waals surface area contributed by atoms with Crippen molar-refractivity contribution in [3.63, 3.8) is 0 Å². The maximum absolute atomic E-state index is 13.7. The molecule has 0 saturated carbocycles. The van der Waals surface area contributed by atoms with Crippen molar-refractivity contribution >= 4 is 11.6 Å². The molecule has 1 amide bonds. The third-order valence-corrected chi connectivity index (χ3v) is 2.78. The van der Waals surface area contributed by atoms with Crippen molar-refractivity contribution < 1.29 is 9.18 Å². The molecule has 0 aliphatic carbocycles. The first kappa shape index (κ1) is 13.7. The van der Waals surface area contributed by atoms with E-state index in [1.807, 2.05) is 13.0 Å². The van der Waals surface area contributed by atoms with Crippen LogP contribution in [0.15, 0.2) is 24.3 Å². The molecule has 0 aliphatic rings. The molecule has 6 heteroatoms. The fourth-order valence-electron chi connectivity index (χ4n) is 1.84. The first-order chi connectivity index (χ1) is 9.55. The Balaban J connectivity index is 2.26. The molecule has 0 radical (unpaired) electrons. The van der Waals surface area contributed by atoms with Crippen LogP contribution in [0.25, 0.3) is 0 Å². The number of hydrogen-bond acceptors (Lipinski definition) is 3. The summed E-state index contributed by atoms with van der Waals surface area (Å²) in [6, 6.07) is 7.37. The lowest BCUT2D eigenvalue weighted by molar-refractivity contribution is 0.101. The molecule has 2 rings (SSSR count). The number of halogens is 1. The topological polar surface area (TPSA) is 70.7 Å². The SMILES string of the molecule is CCn1nc(C)cc1C(=O)Nc1ccc(C#N)cc1F. The summed E-state index contributed by atoms with van der Waals surface area (Å²) in [5, 5.41) is 15.3. The molecule has 5 nitrogen and oxygen atoms in total. The molecule has 1 aromatic heterocycles. The van der Waals surface area contributed by atoms with Gasteiger partial charge in [-0.05, 0) is 38.1 Å². The predicted octanol–water partition coefficient (Wildman–Crippen LogP) is 2.47. The molecule has 0 atom stereocenters. The fraction of sp³-hybridized carbons (Fsp3) is 0.214. The number of nitriles is 1. The zero-order valence-electron chi connectivity index (χ0n) is 11.1. The van der Waals surface area contributed by atoms with Gasteiger partial charge in [0.15, 0.2) is 0 Å². The van der Waals surface area contributed by atoms with Crippen molar-refractivity contribution in [2.75, 3.05) is 5.32 Å². The Hall–Kier alpha value is -2.68. The molecule has 0 saturated heterocycles. The van der Waals surface area contributed by atoms with Crippen molar-refractivity contribution in [2.24, 2.45) is 0 Å². The second kappa shape index (κ2) is 5.53. The Labute approximate surface area is 115 Å². The summed E-state index contributed by atoms with van der Waals surface area (Å²) >= 11 is 0. The highest BCUT2D eigenvalue weighted by molar-refractivity contribution is 6.03. The number of nitrogens with zero attached hydrogens (tertiary/aromatic N) is 3. The third-order valence-electron chi connectivity index (χ3n) is 2.78. The molecule has 2 aromatic rings. The molecule has 1 N–H and O–H groups in total. The van der Waals surface area contributed by atoms with Gasteiger partial charge in [-0.25, -0.2) is 4.39 Å². The maximum Gasteiger partial charge on any atom is 0.274 e. The van der Waals surface area contributed by atoms with E-state index in [1.54, 1.807) is 17.7 Å². The summed E-state index contributed by atoms with van der Waals surface area (Å²) in [4.78, 5) is 12.1. The van der Waals surface area contributed by atoms with Gasteiger partial charge in [-0.15, -0.1) is 0 Å². The Bertz CT molecular complexity index is 700. The number of aryl methyl sites for hydroxylation is 2. The van der Waals surface area contributed by atoms with Crippen LogP contribution in [0.1, 0.15) is 28.7 Å². The average molecular weight is 272 g/mol. The molecule has 0 bridgehead atoms. The summed E-state index contributed by atoms with van der Waals surface area (Å²) in [7, 11) is 0. The lowest BCUT2D eigenvalue weighted by Crippen LogP contribution is -2.18. The lowest BCUT2D eigenvalue weighted by atomic mass is 10.2. The van der Waals surface area contributed by atoms with Crippen LogP contribution in [-0.2, 0) is 6.54 Å². The van der Waals surface area contributed by atoms with Gasteiger partial charge in [0, 0.05) is 6.54 Å². The largest absolute Gasteiger partial charge is 0.318 e. The van der Waals surface area contributed by atoms with E-state index in [1.165, 1.54) is 12.1 Å². The van der Waals surface area contributed by atoms with Gasteiger partial charge in [-0.1, -0.05) is 0 Å². The molecule has 0 unspecified atom stereocenters. The molecule has 1 heterocycles. The molecule has 0 aliphatic heterocycles. The van der Waals surface area contributed by atoms with Crippen LogP contribution < -0.4 is 5.32 Å². The molecule has 0 spiro atoms. The Kier molecular flexibility index (Phi) is 3.80. The minimum Gasteiger partial charge on any atom is -0.318 e. The van der Waals surface area contributed by atoms with Gasteiger partial charge in [-0.2, -0.15) is 10.4 Å². The van der Waals surface area contributed by atoms with Gasteiger partial charge in [0.25, 0.3) is 5.91 Å². The summed E-state index contributed by atoms with van der Waals surface area (Å²) in [6.07, 6.45) is 0. The van der Waals surface area contributed by atoms with Crippen molar-refractivity contribution in [3.8, 4) is 6.07 Å². The zero-order valence-corrected chi connectivity index (χ0v) is 11.1. The highest BCUT2D eigenvalue weighted by atomic mass is 19.1. The smallest absolute Gasteiger partial charge is 0.274 e. The Morgan fingerprint density at radius 3 is 2.85 bits per heavy atom. The van der Waals surface area contributed by atoms with E-state index in [0.717, 1.165) is 11.8 Å². The number of aromatic nitrogens is 2. The summed E-state index contributed by atoms with van der Waals surface area (Å²) in [5.74, 6) is -1.08. The van der Waals surface area contributed by atoms with Crippen LogP contribution in [0.5, 0.6) is 0 Å². The van der Waals surface area contributed by atoms with Crippen molar-refractivity contribution in [2.45, 2.75) is 20.4 Å². The molecule has 1 aromatic carbocycles. The molecule has 102 valence electrons. The van der Waals surface area contributed by atoms with Gasteiger partial charge < -0.3 is 5.32 Å². The number of anilines is 1. The lowest BCUT2D eigenvalue weighted by Gasteiger charge is -2.07. The van der Waals surface area contributed by atoms with E-state index in [4.69, 9.17) is 5.26 Å². The number of carbonyl (C=O) groups excluding carboxylic acids is 1. The normalized spacial score (nSPS) is 10.1. The van der Waals surface area contributed by atoms with Crippen LogP contribution in [0.3, 0.4) is 0 Å².